The lowest BCUT2D eigenvalue weighted by Gasteiger charge is -2.37. The van der Waals surface area contributed by atoms with Crippen LogP contribution < -0.4 is 15.5 Å². The molecule has 1 aliphatic heterocycles. The number of nitrogens with zero attached hydrogens (tertiary/aromatic N) is 3. The quantitative estimate of drug-likeness (QED) is 0.866. The molecule has 0 spiro atoms. The molecule has 0 radical (unpaired) electrons. The van der Waals surface area contributed by atoms with E-state index >= 15 is 0 Å². The molecule has 5 heteroatoms. The normalized spacial score (nSPS) is 15.3. The summed E-state index contributed by atoms with van der Waals surface area (Å²) < 4.78 is 0. The number of anilines is 3. The summed E-state index contributed by atoms with van der Waals surface area (Å²) in [4.78, 5) is 9.08. The van der Waals surface area contributed by atoms with E-state index in [9.17, 15) is 0 Å². The molecule has 2 heterocycles. The third-order valence-corrected chi connectivity index (χ3v) is 4.24. The number of pyridine rings is 1. The number of hydrogen-bond donors (Lipinski definition) is 1. The van der Waals surface area contributed by atoms with Crippen LogP contribution >= 0.6 is 11.6 Å². The zero-order valence-corrected chi connectivity index (χ0v) is 12.8. The SMILES string of the molecule is Cc1cc(N)c(Cl)cc1N1CCN(c2ccccn2)CC1. The van der Waals surface area contributed by atoms with Crippen molar-refractivity contribution in [3.05, 3.63) is 47.1 Å². The van der Waals surface area contributed by atoms with Gasteiger partial charge in [-0.15, -0.1) is 0 Å². The number of aryl methyl sites for hydroxylation is 1. The molecule has 1 aliphatic rings. The second-order valence-electron chi connectivity index (χ2n) is 5.32. The van der Waals surface area contributed by atoms with Crippen molar-refractivity contribution in [1.29, 1.82) is 0 Å². The first kappa shape index (κ1) is 14.0. The average Bonchev–Trinajstić information content (AvgIpc) is 2.52. The van der Waals surface area contributed by atoms with Crippen LogP contribution in [-0.2, 0) is 0 Å². The summed E-state index contributed by atoms with van der Waals surface area (Å²) in [5.74, 6) is 1.05. The molecule has 0 saturated carbocycles. The maximum atomic E-state index is 6.16. The molecule has 0 unspecified atom stereocenters. The van der Waals surface area contributed by atoms with E-state index in [2.05, 4.69) is 27.8 Å². The first-order valence-electron chi connectivity index (χ1n) is 7.11. The second-order valence-corrected chi connectivity index (χ2v) is 5.73. The summed E-state index contributed by atoms with van der Waals surface area (Å²) in [6, 6.07) is 9.95. The van der Waals surface area contributed by atoms with Gasteiger partial charge in [0, 0.05) is 38.1 Å². The van der Waals surface area contributed by atoms with Gasteiger partial charge in [0.25, 0.3) is 0 Å². The highest BCUT2D eigenvalue weighted by Crippen LogP contribution is 2.30. The maximum absolute atomic E-state index is 6.16. The molecule has 0 atom stereocenters. The van der Waals surface area contributed by atoms with Crippen molar-refractivity contribution in [2.45, 2.75) is 6.92 Å². The summed E-state index contributed by atoms with van der Waals surface area (Å²) >= 11 is 6.16. The van der Waals surface area contributed by atoms with Crippen LogP contribution in [0.4, 0.5) is 17.2 Å². The molecule has 1 aromatic heterocycles. The van der Waals surface area contributed by atoms with Gasteiger partial charge in [0.05, 0.1) is 10.7 Å². The van der Waals surface area contributed by atoms with Crippen LogP contribution in [0.25, 0.3) is 0 Å². The molecule has 2 aromatic rings. The van der Waals surface area contributed by atoms with Gasteiger partial charge in [-0.3, -0.25) is 0 Å². The molecule has 3 rings (SSSR count). The predicted octanol–water partition coefficient (Wildman–Crippen LogP) is 2.95. The number of piperazine rings is 1. The molecule has 1 saturated heterocycles. The van der Waals surface area contributed by atoms with Gasteiger partial charge in [-0.1, -0.05) is 17.7 Å². The van der Waals surface area contributed by atoms with Gasteiger partial charge in [0.1, 0.15) is 5.82 Å². The van der Waals surface area contributed by atoms with Crippen molar-refractivity contribution in [2.75, 3.05) is 41.7 Å². The van der Waals surface area contributed by atoms with Crippen molar-refractivity contribution in [1.82, 2.24) is 4.98 Å². The Bertz CT molecular complexity index is 622. The van der Waals surface area contributed by atoms with Crippen LogP contribution in [0, 0.1) is 6.92 Å². The van der Waals surface area contributed by atoms with Crippen LogP contribution in [0.3, 0.4) is 0 Å². The minimum absolute atomic E-state index is 0.628. The number of halogens is 1. The van der Waals surface area contributed by atoms with E-state index in [0.29, 0.717) is 10.7 Å². The van der Waals surface area contributed by atoms with E-state index in [4.69, 9.17) is 17.3 Å². The highest BCUT2D eigenvalue weighted by molar-refractivity contribution is 6.33. The van der Waals surface area contributed by atoms with Crippen LogP contribution in [-0.4, -0.2) is 31.2 Å². The average molecular weight is 303 g/mol. The fraction of sp³-hybridized carbons (Fsp3) is 0.312. The first-order chi connectivity index (χ1) is 10.1. The molecular weight excluding hydrogens is 284 g/mol. The van der Waals surface area contributed by atoms with Crippen molar-refractivity contribution < 1.29 is 0 Å². The molecule has 4 nitrogen and oxygen atoms in total. The highest BCUT2D eigenvalue weighted by atomic mass is 35.5. The lowest BCUT2D eigenvalue weighted by Crippen LogP contribution is -2.47. The minimum atomic E-state index is 0.628. The van der Waals surface area contributed by atoms with Crippen molar-refractivity contribution in [2.24, 2.45) is 0 Å². The Labute approximate surface area is 130 Å². The molecule has 0 amide bonds. The van der Waals surface area contributed by atoms with Crippen molar-refractivity contribution >= 4 is 28.8 Å². The monoisotopic (exact) mass is 302 g/mol. The molecule has 110 valence electrons. The van der Waals surface area contributed by atoms with Crippen LogP contribution in [0.15, 0.2) is 36.5 Å². The molecule has 21 heavy (non-hydrogen) atoms. The highest BCUT2D eigenvalue weighted by Gasteiger charge is 2.19. The summed E-state index contributed by atoms with van der Waals surface area (Å²) in [6.45, 7) is 5.90. The van der Waals surface area contributed by atoms with E-state index in [0.717, 1.165) is 32.0 Å². The fourth-order valence-electron chi connectivity index (χ4n) is 2.75. The van der Waals surface area contributed by atoms with Crippen LogP contribution in [0.1, 0.15) is 5.56 Å². The van der Waals surface area contributed by atoms with Gasteiger partial charge < -0.3 is 15.5 Å². The second kappa shape index (κ2) is 5.82. The third-order valence-electron chi connectivity index (χ3n) is 3.91. The molecular formula is C16H19ClN4. The smallest absolute Gasteiger partial charge is 0.128 e. The Hall–Kier alpha value is -1.94. The van der Waals surface area contributed by atoms with Crippen molar-refractivity contribution in [3.63, 3.8) is 0 Å². The lowest BCUT2D eigenvalue weighted by molar-refractivity contribution is 0.646. The van der Waals surface area contributed by atoms with Gasteiger partial charge in [-0.05, 0) is 36.8 Å². The number of rotatable bonds is 2. The molecule has 1 fully saturated rings. The minimum Gasteiger partial charge on any atom is -0.398 e. The molecule has 2 N–H and O–H groups in total. The Morgan fingerprint density at radius 2 is 1.81 bits per heavy atom. The van der Waals surface area contributed by atoms with Crippen LogP contribution in [0.2, 0.25) is 5.02 Å². The van der Waals surface area contributed by atoms with Crippen LogP contribution in [0.5, 0.6) is 0 Å². The Morgan fingerprint density at radius 3 is 2.48 bits per heavy atom. The Morgan fingerprint density at radius 1 is 1.10 bits per heavy atom. The number of aromatic nitrogens is 1. The van der Waals surface area contributed by atoms with Gasteiger partial charge >= 0.3 is 0 Å². The van der Waals surface area contributed by atoms with Gasteiger partial charge in [-0.2, -0.15) is 0 Å². The summed E-state index contributed by atoms with van der Waals surface area (Å²) in [6.07, 6.45) is 1.84. The Kier molecular flexibility index (Phi) is 3.88. The first-order valence-corrected chi connectivity index (χ1v) is 7.49. The van der Waals surface area contributed by atoms with Gasteiger partial charge in [-0.25, -0.2) is 4.98 Å². The zero-order valence-electron chi connectivity index (χ0n) is 12.1. The molecule has 0 aliphatic carbocycles. The van der Waals surface area contributed by atoms with E-state index in [1.807, 2.05) is 30.5 Å². The van der Waals surface area contributed by atoms with E-state index in [-0.39, 0.29) is 0 Å². The van der Waals surface area contributed by atoms with E-state index in [1.165, 1.54) is 11.3 Å². The standard InChI is InChI=1S/C16H19ClN4/c1-12-10-14(18)13(17)11-15(12)20-6-8-21(9-7-20)16-4-2-3-5-19-16/h2-5,10-11H,6-9,18H2,1H3. The number of nitrogens with two attached hydrogens (primary N) is 1. The zero-order chi connectivity index (χ0) is 14.8. The van der Waals surface area contributed by atoms with Crippen molar-refractivity contribution in [3.8, 4) is 0 Å². The predicted molar refractivity (Wildman–Crippen MR) is 89.3 cm³/mol. The number of benzene rings is 1. The molecule has 1 aromatic carbocycles. The maximum Gasteiger partial charge on any atom is 0.128 e. The summed E-state index contributed by atoms with van der Waals surface area (Å²) in [5.41, 5.74) is 8.84. The van der Waals surface area contributed by atoms with Gasteiger partial charge in [0.2, 0.25) is 0 Å². The summed E-state index contributed by atoms with van der Waals surface area (Å²) in [7, 11) is 0. The topological polar surface area (TPSA) is 45.4 Å². The Balaban J connectivity index is 1.73. The largest absolute Gasteiger partial charge is 0.398 e. The fourth-order valence-corrected chi connectivity index (χ4v) is 2.91. The lowest BCUT2D eigenvalue weighted by atomic mass is 10.1. The third kappa shape index (κ3) is 2.90. The number of nitrogen functional groups attached to an aromatic ring is 1. The number of hydrogen-bond acceptors (Lipinski definition) is 4. The van der Waals surface area contributed by atoms with E-state index in [1.54, 1.807) is 0 Å². The molecule has 0 bridgehead atoms. The van der Waals surface area contributed by atoms with Gasteiger partial charge in [0.15, 0.2) is 0 Å². The van der Waals surface area contributed by atoms with E-state index < -0.39 is 0 Å². The summed E-state index contributed by atoms with van der Waals surface area (Å²) in [5, 5.41) is 0.628.